The maximum atomic E-state index is 10.4. The Bertz CT molecular complexity index is 563. The van der Waals surface area contributed by atoms with E-state index in [1.54, 1.807) is 0 Å². The van der Waals surface area contributed by atoms with Crippen LogP contribution in [0, 0.1) is 0 Å². The van der Waals surface area contributed by atoms with Gasteiger partial charge < -0.3 is 5.11 Å². The van der Waals surface area contributed by atoms with E-state index in [9.17, 15) is 5.11 Å². The minimum absolute atomic E-state index is 0.487. The first-order chi connectivity index (χ1) is 9.00. The largest absolute Gasteiger partial charge is 0.384 e. The second kappa shape index (κ2) is 6.08. The molecule has 19 heavy (non-hydrogen) atoms. The van der Waals surface area contributed by atoms with Crippen molar-refractivity contribution in [2.75, 3.05) is 0 Å². The second-order valence-corrected chi connectivity index (χ2v) is 6.10. The topological polar surface area (TPSA) is 20.2 Å². The summed E-state index contributed by atoms with van der Waals surface area (Å²) in [6.07, 6.45) is -0.703. The van der Waals surface area contributed by atoms with Gasteiger partial charge in [0.15, 0.2) is 0 Å². The zero-order valence-corrected chi connectivity index (χ0v) is 13.2. The molecule has 0 heterocycles. The maximum Gasteiger partial charge on any atom is 0.106 e. The van der Waals surface area contributed by atoms with Crippen LogP contribution >= 0.6 is 27.5 Å². The number of aliphatic hydroxyl groups excluding tert-OH is 1. The van der Waals surface area contributed by atoms with Crippen LogP contribution < -0.4 is 0 Å². The van der Waals surface area contributed by atoms with E-state index in [1.165, 1.54) is 5.56 Å². The Labute approximate surface area is 127 Å². The van der Waals surface area contributed by atoms with Crippen LogP contribution in [-0.4, -0.2) is 5.11 Å². The monoisotopic (exact) mass is 338 g/mol. The van der Waals surface area contributed by atoms with Crippen LogP contribution in [0.3, 0.4) is 0 Å². The highest BCUT2D eigenvalue weighted by Crippen LogP contribution is 2.33. The van der Waals surface area contributed by atoms with Crippen molar-refractivity contribution >= 4 is 27.5 Å². The SMILES string of the molecule is CC(C)c1ccc(C(O)c2cccc(Br)c2Cl)cc1. The normalized spacial score (nSPS) is 12.7. The highest BCUT2D eigenvalue weighted by atomic mass is 79.9. The molecule has 2 aromatic rings. The molecule has 1 atom stereocenters. The van der Waals surface area contributed by atoms with Gasteiger partial charge in [0.05, 0.1) is 5.02 Å². The lowest BCUT2D eigenvalue weighted by Crippen LogP contribution is -2.01. The first kappa shape index (κ1) is 14.6. The van der Waals surface area contributed by atoms with E-state index < -0.39 is 6.10 Å². The highest BCUT2D eigenvalue weighted by Gasteiger charge is 2.15. The molecule has 0 saturated heterocycles. The van der Waals surface area contributed by atoms with E-state index in [0.29, 0.717) is 16.5 Å². The molecule has 0 radical (unpaired) electrons. The highest BCUT2D eigenvalue weighted by molar-refractivity contribution is 9.10. The summed E-state index contributed by atoms with van der Waals surface area (Å²) in [6, 6.07) is 13.6. The molecule has 1 unspecified atom stereocenters. The van der Waals surface area contributed by atoms with Crippen LogP contribution in [0.5, 0.6) is 0 Å². The lowest BCUT2D eigenvalue weighted by Gasteiger charge is -2.15. The van der Waals surface area contributed by atoms with Gasteiger partial charge in [-0.05, 0) is 39.0 Å². The number of rotatable bonds is 3. The maximum absolute atomic E-state index is 10.4. The Morgan fingerprint density at radius 3 is 2.16 bits per heavy atom. The van der Waals surface area contributed by atoms with E-state index >= 15 is 0 Å². The van der Waals surface area contributed by atoms with Crippen LogP contribution in [0.2, 0.25) is 5.02 Å². The van der Waals surface area contributed by atoms with E-state index in [1.807, 2.05) is 30.3 Å². The summed E-state index contributed by atoms with van der Waals surface area (Å²) in [6.45, 7) is 4.30. The molecule has 0 spiro atoms. The van der Waals surface area contributed by atoms with Crippen molar-refractivity contribution in [2.45, 2.75) is 25.9 Å². The Hall–Kier alpha value is -0.830. The lowest BCUT2D eigenvalue weighted by atomic mass is 9.97. The minimum atomic E-state index is -0.703. The fourth-order valence-electron chi connectivity index (χ4n) is 1.97. The summed E-state index contributed by atoms with van der Waals surface area (Å²) in [7, 11) is 0. The van der Waals surface area contributed by atoms with Gasteiger partial charge in [-0.15, -0.1) is 0 Å². The molecule has 0 amide bonds. The van der Waals surface area contributed by atoms with Gasteiger partial charge >= 0.3 is 0 Å². The smallest absolute Gasteiger partial charge is 0.106 e. The second-order valence-electron chi connectivity index (χ2n) is 4.87. The van der Waals surface area contributed by atoms with Crippen LogP contribution in [0.25, 0.3) is 0 Å². The van der Waals surface area contributed by atoms with Crippen molar-refractivity contribution < 1.29 is 5.11 Å². The number of hydrogen-bond donors (Lipinski definition) is 1. The van der Waals surface area contributed by atoms with Gasteiger partial charge in [-0.2, -0.15) is 0 Å². The van der Waals surface area contributed by atoms with E-state index in [0.717, 1.165) is 10.0 Å². The summed E-state index contributed by atoms with van der Waals surface area (Å²) < 4.78 is 0.796. The van der Waals surface area contributed by atoms with Crippen molar-refractivity contribution in [1.82, 2.24) is 0 Å². The molecule has 1 N–H and O–H groups in total. The van der Waals surface area contributed by atoms with Crippen LogP contribution in [-0.2, 0) is 0 Å². The third-order valence-electron chi connectivity index (χ3n) is 3.19. The van der Waals surface area contributed by atoms with Gasteiger partial charge in [-0.25, -0.2) is 0 Å². The first-order valence-corrected chi connectivity index (χ1v) is 7.39. The molecule has 0 aliphatic heterocycles. The van der Waals surface area contributed by atoms with Crippen LogP contribution in [0.1, 0.15) is 42.6 Å². The quantitative estimate of drug-likeness (QED) is 0.803. The molecule has 1 nitrogen and oxygen atoms in total. The van der Waals surface area contributed by atoms with Crippen molar-refractivity contribution in [3.63, 3.8) is 0 Å². The Kier molecular flexibility index (Phi) is 4.67. The predicted octanol–water partition coefficient (Wildman–Crippen LogP) is 5.31. The molecule has 2 rings (SSSR count). The van der Waals surface area contributed by atoms with Crippen LogP contribution in [0.4, 0.5) is 0 Å². The molecule has 0 fully saturated rings. The summed E-state index contributed by atoms with van der Waals surface area (Å²) >= 11 is 9.59. The molecule has 0 bridgehead atoms. The first-order valence-electron chi connectivity index (χ1n) is 6.22. The Balaban J connectivity index is 2.33. The van der Waals surface area contributed by atoms with Crippen LogP contribution in [0.15, 0.2) is 46.9 Å². The molecule has 0 aliphatic carbocycles. The fraction of sp³-hybridized carbons (Fsp3) is 0.250. The van der Waals surface area contributed by atoms with Gasteiger partial charge in [-0.3, -0.25) is 0 Å². The average molecular weight is 340 g/mol. The van der Waals surface area contributed by atoms with Gasteiger partial charge in [-0.1, -0.05) is 61.8 Å². The molecule has 3 heteroatoms. The van der Waals surface area contributed by atoms with E-state index in [-0.39, 0.29) is 0 Å². The van der Waals surface area contributed by atoms with Gasteiger partial charge in [0.25, 0.3) is 0 Å². The molecule has 0 aromatic heterocycles. The Morgan fingerprint density at radius 2 is 1.58 bits per heavy atom. The summed E-state index contributed by atoms with van der Waals surface area (Å²) in [4.78, 5) is 0. The van der Waals surface area contributed by atoms with Crippen molar-refractivity contribution in [3.05, 3.63) is 68.7 Å². The van der Waals surface area contributed by atoms with Gasteiger partial charge in [0.2, 0.25) is 0 Å². The summed E-state index contributed by atoms with van der Waals surface area (Å²) in [5.41, 5.74) is 2.83. The molecule has 0 saturated carbocycles. The molecular weight excluding hydrogens is 324 g/mol. The fourth-order valence-corrected chi connectivity index (χ4v) is 2.59. The van der Waals surface area contributed by atoms with Gasteiger partial charge in [0.1, 0.15) is 6.10 Å². The van der Waals surface area contributed by atoms with E-state index in [2.05, 4.69) is 41.9 Å². The van der Waals surface area contributed by atoms with Crippen molar-refractivity contribution in [2.24, 2.45) is 0 Å². The Morgan fingerprint density at radius 1 is 1.00 bits per heavy atom. The zero-order valence-electron chi connectivity index (χ0n) is 10.9. The van der Waals surface area contributed by atoms with E-state index in [4.69, 9.17) is 11.6 Å². The minimum Gasteiger partial charge on any atom is -0.384 e. The molecular formula is C16H16BrClO. The standard InChI is InChI=1S/C16H16BrClO/c1-10(2)11-6-8-12(9-7-11)16(19)13-4-3-5-14(17)15(13)18/h3-10,16,19H,1-2H3. The third kappa shape index (κ3) is 3.19. The lowest BCUT2D eigenvalue weighted by molar-refractivity contribution is 0.220. The summed E-state index contributed by atoms with van der Waals surface area (Å²) in [5, 5.41) is 11.0. The molecule has 2 aromatic carbocycles. The zero-order chi connectivity index (χ0) is 14.0. The number of aliphatic hydroxyl groups is 1. The number of halogens is 2. The molecule has 0 aliphatic rings. The molecule has 100 valence electrons. The third-order valence-corrected chi connectivity index (χ3v) is 4.51. The number of hydrogen-bond acceptors (Lipinski definition) is 1. The van der Waals surface area contributed by atoms with Crippen molar-refractivity contribution in [1.29, 1.82) is 0 Å². The summed E-state index contributed by atoms with van der Waals surface area (Å²) in [5.74, 6) is 0.487. The van der Waals surface area contributed by atoms with Gasteiger partial charge in [0, 0.05) is 10.0 Å². The number of benzene rings is 2. The predicted molar refractivity (Wildman–Crippen MR) is 83.7 cm³/mol. The average Bonchev–Trinajstić information content (AvgIpc) is 2.41. The van der Waals surface area contributed by atoms with Crippen molar-refractivity contribution in [3.8, 4) is 0 Å².